The van der Waals surface area contributed by atoms with Gasteiger partial charge in [-0.05, 0) is 19.1 Å². The molecule has 1 aromatic heterocycles. The number of fused-ring (bicyclic) bond motifs is 1. The van der Waals surface area contributed by atoms with Gasteiger partial charge in [-0.3, -0.25) is 9.78 Å². The molecule has 0 N–H and O–H groups in total. The minimum atomic E-state index is 0.0820. The maximum absolute atomic E-state index is 11.2. The molecule has 0 aliphatic carbocycles. The van der Waals surface area contributed by atoms with E-state index in [4.69, 9.17) is 0 Å². The molecule has 0 fully saturated rings. The fraction of sp³-hybridized carbons (Fsp3) is 0.0909. The summed E-state index contributed by atoms with van der Waals surface area (Å²) in [6.45, 7) is 1.57. The SMILES string of the molecule is CC(=O)c1cccc2ncccc12. The van der Waals surface area contributed by atoms with E-state index in [1.54, 1.807) is 13.1 Å². The van der Waals surface area contributed by atoms with E-state index in [9.17, 15) is 4.79 Å². The van der Waals surface area contributed by atoms with Gasteiger partial charge in [0.2, 0.25) is 0 Å². The first-order valence-electron chi connectivity index (χ1n) is 4.14. The molecule has 1 heterocycles. The highest BCUT2D eigenvalue weighted by Crippen LogP contribution is 2.16. The molecule has 2 heteroatoms. The third kappa shape index (κ3) is 1.31. The third-order valence-corrected chi connectivity index (χ3v) is 2.02. The zero-order chi connectivity index (χ0) is 9.26. The second kappa shape index (κ2) is 2.98. The van der Waals surface area contributed by atoms with Gasteiger partial charge in [-0.2, -0.15) is 0 Å². The molecule has 64 valence electrons. The minimum absolute atomic E-state index is 0.0820. The van der Waals surface area contributed by atoms with Gasteiger partial charge in [-0.25, -0.2) is 0 Å². The van der Waals surface area contributed by atoms with Crippen molar-refractivity contribution in [3.63, 3.8) is 0 Å². The number of ketones is 1. The lowest BCUT2D eigenvalue weighted by Crippen LogP contribution is -1.93. The van der Waals surface area contributed by atoms with Crippen LogP contribution in [0.1, 0.15) is 17.3 Å². The molecule has 0 radical (unpaired) electrons. The molecule has 0 saturated carbocycles. The molecule has 0 spiro atoms. The van der Waals surface area contributed by atoms with Gasteiger partial charge in [0.05, 0.1) is 5.52 Å². The molecule has 0 bridgehead atoms. The van der Waals surface area contributed by atoms with Crippen LogP contribution in [-0.2, 0) is 0 Å². The Morgan fingerprint density at radius 2 is 2.08 bits per heavy atom. The lowest BCUT2D eigenvalue weighted by Gasteiger charge is -2.00. The molecule has 0 unspecified atom stereocenters. The smallest absolute Gasteiger partial charge is 0.160 e. The van der Waals surface area contributed by atoms with E-state index in [0.717, 1.165) is 16.5 Å². The van der Waals surface area contributed by atoms with Crippen molar-refractivity contribution >= 4 is 16.7 Å². The van der Waals surface area contributed by atoms with Crippen LogP contribution < -0.4 is 0 Å². The van der Waals surface area contributed by atoms with Gasteiger partial charge in [0, 0.05) is 17.1 Å². The number of hydrogen-bond donors (Lipinski definition) is 0. The van der Waals surface area contributed by atoms with Crippen LogP contribution in [0.4, 0.5) is 0 Å². The Hall–Kier alpha value is -1.70. The number of Topliss-reactive ketones (excluding diaryl/α,β-unsaturated/α-hetero) is 1. The molecule has 13 heavy (non-hydrogen) atoms. The van der Waals surface area contributed by atoms with Crippen LogP contribution in [0.25, 0.3) is 10.9 Å². The monoisotopic (exact) mass is 171 g/mol. The van der Waals surface area contributed by atoms with E-state index in [1.807, 2.05) is 30.3 Å². The molecule has 0 saturated heterocycles. The first-order valence-corrected chi connectivity index (χ1v) is 4.14. The molecule has 0 aliphatic heterocycles. The Kier molecular flexibility index (Phi) is 1.81. The van der Waals surface area contributed by atoms with Crippen molar-refractivity contribution in [2.45, 2.75) is 6.92 Å². The number of pyridine rings is 1. The first kappa shape index (κ1) is 7.92. The lowest BCUT2D eigenvalue weighted by atomic mass is 10.1. The summed E-state index contributed by atoms with van der Waals surface area (Å²) in [5.41, 5.74) is 1.61. The number of aromatic nitrogens is 1. The van der Waals surface area contributed by atoms with Crippen LogP contribution in [0.5, 0.6) is 0 Å². The van der Waals surface area contributed by atoms with Crippen LogP contribution in [-0.4, -0.2) is 10.8 Å². The molecule has 0 atom stereocenters. The summed E-state index contributed by atoms with van der Waals surface area (Å²) in [6.07, 6.45) is 1.73. The van der Waals surface area contributed by atoms with Gasteiger partial charge in [0.15, 0.2) is 5.78 Å². The van der Waals surface area contributed by atoms with E-state index < -0.39 is 0 Å². The summed E-state index contributed by atoms with van der Waals surface area (Å²) in [6, 6.07) is 9.34. The second-order valence-corrected chi connectivity index (χ2v) is 2.93. The Labute approximate surface area is 76.2 Å². The summed E-state index contributed by atoms with van der Waals surface area (Å²) in [4.78, 5) is 15.4. The second-order valence-electron chi connectivity index (χ2n) is 2.93. The van der Waals surface area contributed by atoms with Crippen LogP contribution in [0.3, 0.4) is 0 Å². The highest BCUT2D eigenvalue weighted by atomic mass is 16.1. The van der Waals surface area contributed by atoms with E-state index in [-0.39, 0.29) is 5.78 Å². The highest BCUT2D eigenvalue weighted by molar-refractivity contribution is 6.06. The molecular formula is C11H9NO. The molecule has 2 aromatic rings. The number of carbonyl (C=O) groups excluding carboxylic acids is 1. The van der Waals surface area contributed by atoms with Crippen LogP contribution >= 0.6 is 0 Å². The maximum atomic E-state index is 11.2. The van der Waals surface area contributed by atoms with Gasteiger partial charge >= 0.3 is 0 Å². The minimum Gasteiger partial charge on any atom is -0.294 e. The average Bonchev–Trinajstić information content (AvgIpc) is 2.17. The fourth-order valence-corrected chi connectivity index (χ4v) is 1.41. The number of benzene rings is 1. The number of rotatable bonds is 1. The normalized spacial score (nSPS) is 10.2. The van der Waals surface area contributed by atoms with E-state index in [2.05, 4.69) is 4.98 Å². The lowest BCUT2D eigenvalue weighted by molar-refractivity contribution is 0.101. The zero-order valence-corrected chi connectivity index (χ0v) is 7.32. The Morgan fingerprint density at radius 1 is 1.23 bits per heavy atom. The predicted octanol–water partition coefficient (Wildman–Crippen LogP) is 2.44. The predicted molar refractivity (Wildman–Crippen MR) is 51.7 cm³/mol. The zero-order valence-electron chi connectivity index (χ0n) is 7.32. The highest BCUT2D eigenvalue weighted by Gasteiger charge is 2.03. The molecule has 1 aromatic carbocycles. The topological polar surface area (TPSA) is 30.0 Å². The molecule has 2 nitrogen and oxygen atoms in total. The largest absolute Gasteiger partial charge is 0.294 e. The standard InChI is InChI=1S/C11H9NO/c1-8(13)9-4-2-6-11-10(9)5-3-7-12-11/h2-7H,1H3. The van der Waals surface area contributed by atoms with Gasteiger partial charge in [-0.15, -0.1) is 0 Å². The molecular weight excluding hydrogens is 162 g/mol. The number of carbonyl (C=O) groups is 1. The van der Waals surface area contributed by atoms with Crippen molar-refractivity contribution in [1.82, 2.24) is 4.98 Å². The quantitative estimate of drug-likeness (QED) is 0.617. The van der Waals surface area contributed by atoms with Crippen LogP contribution in [0.2, 0.25) is 0 Å². The number of nitrogens with zero attached hydrogens (tertiary/aromatic N) is 1. The van der Waals surface area contributed by atoms with Crippen molar-refractivity contribution < 1.29 is 4.79 Å². The van der Waals surface area contributed by atoms with Crippen LogP contribution in [0.15, 0.2) is 36.5 Å². The molecule has 2 rings (SSSR count). The van der Waals surface area contributed by atoms with Gasteiger partial charge < -0.3 is 0 Å². The van der Waals surface area contributed by atoms with Gasteiger partial charge in [-0.1, -0.05) is 18.2 Å². The summed E-state index contributed by atoms with van der Waals surface area (Å²) in [5.74, 6) is 0.0820. The first-order chi connectivity index (χ1) is 6.29. The fourth-order valence-electron chi connectivity index (χ4n) is 1.41. The van der Waals surface area contributed by atoms with Crippen molar-refractivity contribution in [3.8, 4) is 0 Å². The van der Waals surface area contributed by atoms with Crippen molar-refractivity contribution in [2.24, 2.45) is 0 Å². The summed E-state index contributed by atoms with van der Waals surface area (Å²) < 4.78 is 0. The van der Waals surface area contributed by atoms with Gasteiger partial charge in [0.1, 0.15) is 0 Å². The summed E-state index contributed by atoms with van der Waals surface area (Å²) >= 11 is 0. The Morgan fingerprint density at radius 3 is 2.85 bits per heavy atom. The van der Waals surface area contributed by atoms with E-state index >= 15 is 0 Å². The van der Waals surface area contributed by atoms with Crippen molar-refractivity contribution in [1.29, 1.82) is 0 Å². The molecule has 0 amide bonds. The Bertz CT molecular complexity index is 457. The average molecular weight is 171 g/mol. The number of hydrogen-bond acceptors (Lipinski definition) is 2. The van der Waals surface area contributed by atoms with Crippen molar-refractivity contribution in [2.75, 3.05) is 0 Å². The Balaban J connectivity index is 2.83. The van der Waals surface area contributed by atoms with E-state index in [0.29, 0.717) is 0 Å². The van der Waals surface area contributed by atoms with Crippen molar-refractivity contribution in [3.05, 3.63) is 42.1 Å². The third-order valence-electron chi connectivity index (χ3n) is 2.02. The van der Waals surface area contributed by atoms with Crippen LogP contribution in [0, 0.1) is 0 Å². The van der Waals surface area contributed by atoms with Gasteiger partial charge in [0.25, 0.3) is 0 Å². The van der Waals surface area contributed by atoms with E-state index in [1.165, 1.54) is 0 Å². The molecule has 0 aliphatic rings. The summed E-state index contributed by atoms with van der Waals surface area (Å²) in [5, 5.41) is 0.928. The maximum Gasteiger partial charge on any atom is 0.160 e. The summed E-state index contributed by atoms with van der Waals surface area (Å²) in [7, 11) is 0.